The molecule has 0 amide bonds. The highest BCUT2D eigenvalue weighted by Gasteiger charge is 2.48. The van der Waals surface area contributed by atoms with Crippen LogP contribution >= 0.6 is 0 Å². The van der Waals surface area contributed by atoms with Crippen molar-refractivity contribution >= 4 is 0 Å². The van der Waals surface area contributed by atoms with E-state index in [0.717, 1.165) is 5.56 Å². The highest BCUT2D eigenvalue weighted by atomic mass is 16.5. The molecule has 0 N–H and O–H groups in total. The predicted molar refractivity (Wildman–Crippen MR) is 60.7 cm³/mol. The van der Waals surface area contributed by atoms with E-state index in [2.05, 4.69) is 24.9 Å². The quantitative estimate of drug-likeness (QED) is 0.777. The number of pyridine rings is 1. The minimum atomic E-state index is -0.142. The maximum absolute atomic E-state index is 9.33. The third-order valence-corrected chi connectivity index (χ3v) is 3.36. The van der Waals surface area contributed by atoms with Gasteiger partial charge in [-0.05, 0) is 17.5 Å². The van der Waals surface area contributed by atoms with Crippen molar-refractivity contribution in [1.82, 2.24) is 4.98 Å². The molecule has 3 nitrogen and oxygen atoms in total. The van der Waals surface area contributed by atoms with Crippen molar-refractivity contribution in [3.63, 3.8) is 0 Å². The summed E-state index contributed by atoms with van der Waals surface area (Å²) in [6.45, 7) is 5.44. The number of hydrogen-bond acceptors (Lipinski definition) is 3. The van der Waals surface area contributed by atoms with Crippen molar-refractivity contribution < 1.29 is 4.74 Å². The van der Waals surface area contributed by atoms with E-state index in [1.165, 1.54) is 0 Å². The molecule has 2 heterocycles. The van der Waals surface area contributed by atoms with Crippen LogP contribution in [0.15, 0.2) is 24.5 Å². The Morgan fingerprint density at radius 1 is 1.50 bits per heavy atom. The molecular weight excluding hydrogens is 200 g/mol. The summed E-state index contributed by atoms with van der Waals surface area (Å²) in [4.78, 5) is 4.14. The summed E-state index contributed by atoms with van der Waals surface area (Å²) in [5, 5.41) is 9.33. The molecule has 1 aromatic rings. The third kappa shape index (κ3) is 1.60. The van der Waals surface area contributed by atoms with Gasteiger partial charge in [0.25, 0.3) is 0 Å². The van der Waals surface area contributed by atoms with Crippen molar-refractivity contribution in [3.8, 4) is 6.07 Å². The van der Waals surface area contributed by atoms with Crippen LogP contribution in [0.4, 0.5) is 0 Å². The van der Waals surface area contributed by atoms with Crippen LogP contribution in [0.5, 0.6) is 0 Å². The van der Waals surface area contributed by atoms with Crippen LogP contribution in [0, 0.1) is 23.2 Å². The number of aromatic nitrogens is 1. The second-order valence-corrected chi connectivity index (χ2v) is 4.74. The SMILES string of the molecule is CC(C)C(C#N)C1(c2cccnc2)COC1. The van der Waals surface area contributed by atoms with Crippen molar-refractivity contribution in [2.75, 3.05) is 13.2 Å². The Kier molecular flexibility index (Phi) is 2.93. The summed E-state index contributed by atoms with van der Waals surface area (Å²) in [5.41, 5.74) is 0.985. The fourth-order valence-electron chi connectivity index (χ4n) is 2.42. The maximum atomic E-state index is 9.33. The number of rotatable bonds is 3. The van der Waals surface area contributed by atoms with Gasteiger partial charge in [-0.1, -0.05) is 19.9 Å². The molecule has 1 aliphatic heterocycles. The minimum absolute atomic E-state index is 0.00884. The second kappa shape index (κ2) is 4.23. The number of nitrogens with zero attached hydrogens (tertiary/aromatic N) is 2. The first-order valence-electron chi connectivity index (χ1n) is 5.58. The van der Waals surface area contributed by atoms with E-state index in [9.17, 15) is 5.26 Å². The van der Waals surface area contributed by atoms with Crippen molar-refractivity contribution in [2.24, 2.45) is 11.8 Å². The van der Waals surface area contributed by atoms with E-state index >= 15 is 0 Å². The van der Waals surface area contributed by atoms with Crippen LogP contribution in [0.2, 0.25) is 0 Å². The van der Waals surface area contributed by atoms with Gasteiger partial charge in [0.2, 0.25) is 0 Å². The summed E-state index contributed by atoms with van der Waals surface area (Å²) in [5.74, 6) is 0.319. The van der Waals surface area contributed by atoms with E-state index in [0.29, 0.717) is 19.1 Å². The molecule has 16 heavy (non-hydrogen) atoms. The predicted octanol–water partition coefficient (Wildman–Crippen LogP) is 2.15. The highest BCUT2D eigenvalue weighted by molar-refractivity contribution is 5.29. The average molecular weight is 216 g/mol. The standard InChI is InChI=1S/C13H16N2O/c1-10(2)12(6-14)13(8-16-9-13)11-4-3-5-15-7-11/h3-5,7,10,12H,8-9H2,1-2H3. The first-order chi connectivity index (χ1) is 7.70. The van der Waals surface area contributed by atoms with Crippen molar-refractivity contribution in [1.29, 1.82) is 5.26 Å². The molecule has 0 spiro atoms. The molecule has 2 rings (SSSR count). The van der Waals surface area contributed by atoms with Gasteiger partial charge in [0.15, 0.2) is 0 Å². The summed E-state index contributed by atoms with van der Waals surface area (Å²) in [6, 6.07) is 6.40. The van der Waals surface area contributed by atoms with Gasteiger partial charge >= 0.3 is 0 Å². The van der Waals surface area contributed by atoms with Gasteiger partial charge in [0.05, 0.1) is 30.6 Å². The average Bonchev–Trinajstić information content (AvgIpc) is 2.23. The molecule has 0 aromatic carbocycles. The zero-order chi connectivity index (χ0) is 11.6. The summed E-state index contributed by atoms with van der Waals surface area (Å²) < 4.78 is 5.35. The summed E-state index contributed by atoms with van der Waals surface area (Å²) in [7, 11) is 0. The van der Waals surface area contributed by atoms with Gasteiger partial charge in [0.1, 0.15) is 0 Å². The molecule has 1 aromatic heterocycles. The smallest absolute Gasteiger partial charge is 0.0669 e. The largest absolute Gasteiger partial charge is 0.379 e. The molecule has 0 bridgehead atoms. The maximum Gasteiger partial charge on any atom is 0.0669 e. The van der Waals surface area contributed by atoms with Gasteiger partial charge in [-0.2, -0.15) is 5.26 Å². The Morgan fingerprint density at radius 2 is 2.25 bits per heavy atom. The Balaban J connectivity index is 2.37. The molecule has 1 atom stereocenters. The van der Waals surface area contributed by atoms with E-state index in [-0.39, 0.29) is 11.3 Å². The zero-order valence-electron chi connectivity index (χ0n) is 9.68. The molecule has 0 radical (unpaired) electrons. The Bertz CT molecular complexity index is 390. The normalized spacial score (nSPS) is 19.9. The lowest BCUT2D eigenvalue weighted by Crippen LogP contribution is -2.53. The Labute approximate surface area is 96.1 Å². The van der Waals surface area contributed by atoms with Crippen molar-refractivity contribution in [2.45, 2.75) is 19.3 Å². The van der Waals surface area contributed by atoms with Crippen LogP contribution in [-0.4, -0.2) is 18.2 Å². The lowest BCUT2D eigenvalue weighted by Gasteiger charge is -2.46. The number of nitriles is 1. The topological polar surface area (TPSA) is 45.9 Å². The summed E-state index contributed by atoms with van der Waals surface area (Å²) >= 11 is 0. The van der Waals surface area contributed by atoms with E-state index in [1.54, 1.807) is 6.20 Å². The van der Waals surface area contributed by atoms with Crippen LogP contribution < -0.4 is 0 Å². The van der Waals surface area contributed by atoms with Crippen LogP contribution in [0.1, 0.15) is 19.4 Å². The number of ether oxygens (including phenoxy) is 1. The molecule has 3 heteroatoms. The lowest BCUT2D eigenvalue weighted by molar-refractivity contribution is -0.0878. The summed E-state index contributed by atoms with van der Waals surface area (Å²) in [6.07, 6.45) is 3.61. The second-order valence-electron chi connectivity index (χ2n) is 4.74. The fraction of sp³-hybridized carbons (Fsp3) is 0.538. The fourth-order valence-corrected chi connectivity index (χ4v) is 2.42. The molecule has 1 saturated heterocycles. The van der Waals surface area contributed by atoms with E-state index < -0.39 is 0 Å². The molecule has 0 aliphatic carbocycles. The van der Waals surface area contributed by atoms with Gasteiger partial charge in [-0.15, -0.1) is 0 Å². The van der Waals surface area contributed by atoms with Gasteiger partial charge < -0.3 is 4.74 Å². The first kappa shape index (κ1) is 11.1. The highest BCUT2D eigenvalue weighted by Crippen LogP contribution is 2.42. The van der Waals surface area contributed by atoms with Gasteiger partial charge in [-0.3, -0.25) is 4.98 Å². The third-order valence-electron chi connectivity index (χ3n) is 3.36. The van der Waals surface area contributed by atoms with Gasteiger partial charge in [0, 0.05) is 12.4 Å². The number of hydrogen-bond donors (Lipinski definition) is 0. The molecule has 1 aliphatic rings. The zero-order valence-corrected chi connectivity index (χ0v) is 9.68. The van der Waals surface area contributed by atoms with Crippen molar-refractivity contribution in [3.05, 3.63) is 30.1 Å². The van der Waals surface area contributed by atoms with E-state index in [4.69, 9.17) is 4.74 Å². The molecule has 1 fully saturated rings. The Hall–Kier alpha value is -1.40. The molecule has 0 saturated carbocycles. The van der Waals surface area contributed by atoms with Gasteiger partial charge in [-0.25, -0.2) is 0 Å². The lowest BCUT2D eigenvalue weighted by atomic mass is 9.66. The van der Waals surface area contributed by atoms with E-state index in [1.807, 2.05) is 18.3 Å². The van der Waals surface area contributed by atoms with Crippen LogP contribution in [0.3, 0.4) is 0 Å². The van der Waals surface area contributed by atoms with Crippen LogP contribution in [0.25, 0.3) is 0 Å². The minimum Gasteiger partial charge on any atom is -0.379 e. The Morgan fingerprint density at radius 3 is 2.62 bits per heavy atom. The first-order valence-corrected chi connectivity index (χ1v) is 5.58. The van der Waals surface area contributed by atoms with Crippen LogP contribution in [-0.2, 0) is 10.2 Å². The molecule has 1 unspecified atom stereocenters. The monoisotopic (exact) mass is 216 g/mol. The molecule has 84 valence electrons. The molecular formula is C13H16N2O.